The lowest BCUT2D eigenvalue weighted by molar-refractivity contribution is 0.0383. The molecule has 2 aliphatic rings. The van der Waals surface area contributed by atoms with Crippen LogP contribution >= 0.6 is 0 Å². The van der Waals surface area contributed by atoms with Crippen LogP contribution in [0.3, 0.4) is 0 Å². The number of carbonyl (C=O) groups excluding carboxylic acids is 1. The fourth-order valence-electron chi connectivity index (χ4n) is 5.27. The molecule has 3 N–H and O–H groups in total. The van der Waals surface area contributed by atoms with E-state index in [0.29, 0.717) is 50.6 Å². The van der Waals surface area contributed by atoms with Crippen molar-refractivity contribution in [3.8, 4) is 0 Å². The van der Waals surface area contributed by atoms with Crippen molar-refractivity contribution in [2.24, 2.45) is 4.40 Å². The van der Waals surface area contributed by atoms with Gasteiger partial charge >= 0.3 is 0 Å². The van der Waals surface area contributed by atoms with Gasteiger partial charge in [0.25, 0.3) is 15.9 Å². The molecule has 0 spiro atoms. The van der Waals surface area contributed by atoms with E-state index in [9.17, 15) is 13.2 Å². The molecule has 0 unspecified atom stereocenters. The molecule has 0 radical (unpaired) electrons. The summed E-state index contributed by atoms with van der Waals surface area (Å²) in [7, 11) is -3.70. The molecule has 5 rings (SSSR count). The third-order valence-corrected chi connectivity index (χ3v) is 8.82. The lowest BCUT2D eigenvalue weighted by Crippen LogP contribution is -2.56. The Morgan fingerprint density at radius 3 is 2.76 bits per heavy atom. The number of aromatic amines is 1. The summed E-state index contributed by atoms with van der Waals surface area (Å²) in [6.45, 7) is 11.8. The highest BCUT2D eigenvalue weighted by Crippen LogP contribution is 2.28. The van der Waals surface area contributed by atoms with Gasteiger partial charge in [0, 0.05) is 69.3 Å². The van der Waals surface area contributed by atoms with Crippen molar-refractivity contribution < 1.29 is 17.9 Å². The quantitative estimate of drug-likeness (QED) is 0.259. The first kappa shape index (κ1) is 29.7. The number of guanidine groups is 1. The first-order chi connectivity index (χ1) is 20.2. The Balaban J connectivity index is 1.29. The maximum Gasteiger partial charge on any atom is 0.256 e. The average molecular weight is 598 g/mol. The number of fused-ring (bicyclic) bond motifs is 1. The zero-order valence-electron chi connectivity index (χ0n) is 24.3. The van der Waals surface area contributed by atoms with Crippen LogP contribution in [0.25, 0.3) is 11.0 Å². The Bertz CT molecular complexity index is 1540. The van der Waals surface area contributed by atoms with Crippen LogP contribution in [0.4, 0.5) is 11.5 Å². The molecule has 2 saturated heterocycles. The maximum atomic E-state index is 12.9. The average Bonchev–Trinajstić information content (AvgIpc) is 3.38. The fourth-order valence-corrected chi connectivity index (χ4v) is 5.81. The molecule has 3 aromatic rings. The molecule has 0 aliphatic carbocycles. The summed E-state index contributed by atoms with van der Waals surface area (Å²) < 4.78 is 34.8. The largest absolute Gasteiger partial charge is 0.379 e. The number of anilines is 2. The van der Waals surface area contributed by atoms with Crippen LogP contribution in [-0.2, 0) is 14.8 Å². The number of ether oxygens (including phenoxy) is 1. The van der Waals surface area contributed by atoms with Gasteiger partial charge in [-0.25, -0.2) is 18.4 Å². The van der Waals surface area contributed by atoms with Crippen molar-refractivity contribution in [3.63, 3.8) is 0 Å². The number of hydrogen-bond acceptors (Lipinski definition) is 8. The van der Waals surface area contributed by atoms with Gasteiger partial charge in [-0.1, -0.05) is 6.07 Å². The Kier molecular flexibility index (Phi) is 9.24. The Morgan fingerprint density at radius 2 is 2.00 bits per heavy atom. The van der Waals surface area contributed by atoms with E-state index < -0.39 is 10.0 Å². The number of carbonyl (C=O) groups is 1. The number of sulfonamides is 1. The molecule has 0 bridgehead atoms. The predicted molar refractivity (Wildman–Crippen MR) is 164 cm³/mol. The van der Waals surface area contributed by atoms with Gasteiger partial charge in [0.1, 0.15) is 17.8 Å². The third kappa shape index (κ3) is 6.99. The molecule has 2 aromatic heterocycles. The van der Waals surface area contributed by atoms with E-state index in [-0.39, 0.29) is 23.7 Å². The van der Waals surface area contributed by atoms with Crippen LogP contribution in [0.1, 0.15) is 29.8 Å². The molecule has 42 heavy (non-hydrogen) atoms. The molecule has 1 amide bonds. The number of piperazine rings is 1. The Labute approximate surface area is 246 Å². The Hall–Kier alpha value is -3.75. The number of H-pyrrole nitrogens is 1. The van der Waals surface area contributed by atoms with E-state index >= 15 is 0 Å². The third-order valence-electron chi connectivity index (χ3n) is 7.63. The number of aryl methyl sites for hydroxylation is 1. The molecule has 4 heterocycles. The molecular formula is C28H39N9O4S. The minimum absolute atomic E-state index is 0.0898. The zero-order chi connectivity index (χ0) is 29.7. The number of nitrogens with zero attached hydrogens (tertiary/aromatic N) is 6. The van der Waals surface area contributed by atoms with Gasteiger partial charge in [-0.3, -0.25) is 9.69 Å². The van der Waals surface area contributed by atoms with Gasteiger partial charge in [0.2, 0.25) is 5.96 Å². The summed E-state index contributed by atoms with van der Waals surface area (Å²) in [5.41, 5.74) is 2.91. The smallest absolute Gasteiger partial charge is 0.256 e. The standard InChI is InChI=1S/C28H39N9O4S/c1-4-42(39,40)34-28(33-23-7-5-6-22(16-23)27(38)29-8-9-35-12-14-41-15-13-35)37-11-10-36(18-21(37)3)26-24-20(2)17-30-25(24)31-19-32-26/h5-7,16-17,19,21H,4,8-15,18H2,1-3H3,(H,29,38)(H,33,34)(H,30,31,32)/t21-/m0/s1. The van der Waals surface area contributed by atoms with Crippen LogP contribution < -0.4 is 15.5 Å². The first-order valence-electron chi connectivity index (χ1n) is 14.3. The van der Waals surface area contributed by atoms with Crippen molar-refractivity contribution in [1.82, 2.24) is 30.1 Å². The van der Waals surface area contributed by atoms with Crippen LogP contribution in [0.5, 0.6) is 0 Å². The van der Waals surface area contributed by atoms with Gasteiger partial charge in [-0.2, -0.15) is 0 Å². The minimum atomic E-state index is -3.70. The molecule has 226 valence electrons. The molecule has 1 atom stereocenters. The topological polar surface area (TPSA) is 148 Å². The Morgan fingerprint density at radius 1 is 1.19 bits per heavy atom. The highest BCUT2D eigenvalue weighted by molar-refractivity contribution is 7.90. The van der Waals surface area contributed by atoms with E-state index in [1.807, 2.05) is 24.9 Å². The second-order valence-corrected chi connectivity index (χ2v) is 12.5. The lowest BCUT2D eigenvalue weighted by Gasteiger charge is -2.42. The molecule has 2 aliphatic heterocycles. The first-order valence-corrected chi connectivity index (χ1v) is 15.9. The van der Waals surface area contributed by atoms with E-state index in [1.165, 1.54) is 0 Å². The summed E-state index contributed by atoms with van der Waals surface area (Å²) in [5.74, 6) is 0.776. The number of amides is 1. The molecule has 13 nitrogen and oxygen atoms in total. The molecule has 2 fully saturated rings. The normalized spacial score (nSPS) is 18.8. The van der Waals surface area contributed by atoms with E-state index in [0.717, 1.165) is 42.0 Å². The van der Waals surface area contributed by atoms with Crippen LogP contribution in [0.15, 0.2) is 41.2 Å². The summed E-state index contributed by atoms with van der Waals surface area (Å²) >= 11 is 0. The fraction of sp³-hybridized carbons (Fsp3) is 0.500. The summed E-state index contributed by atoms with van der Waals surface area (Å²) in [4.78, 5) is 31.4. The highest BCUT2D eigenvalue weighted by atomic mass is 32.2. The van der Waals surface area contributed by atoms with E-state index in [1.54, 1.807) is 37.5 Å². The van der Waals surface area contributed by atoms with Crippen molar-refractivity contribution in [1.29, 1.82) is 0 Å². The van der Waals surface area contributed by atoms with Crippen molar-refractivity contribution in [2.75, 3.05) is 75.0 Å². The number of hydrogen-bond donors (Lipinski definition) is 3. The molecule has 0 saturated carbocycles. The summed E-state index contributed by atoms with van der Waals surface area (Å²) in [5, 5.41) is 7.17. The van der Waals surface area contributed by atoms with Gasteiger partial charge in [0.15, 0.2) is 0 Å². The maximum absolute atomic E-state index is 12.9. The van der Waals surface area contributed by atoms with Gasteiger partial charge < -0.3 is 30.2 Å². The predicted octanol–water partition coefficient (Wildman–Crippen LogP) is 1.66. The van der Waals surface area contributed by atoms with Gasteiger partial charge in [0.05, 0.1) is 24.4 Å². The van der Waals surface area contributed by atoms with Crippen LogP contribution in [0, 0.1) is 6.92 Å². The number of benzene rings is 1. The number of nitrogens with one attached hydrogen (secondary N) is 3. The number of aromatic nitrogens is 3. The lowest BCUT2D eigenvalue weighted by atomic mass is 10.1. The monoisotopic (exact) mass is 597 g/mol. The number of morpholine rings is 1. The van der Waals surface area contributed by atoms with Crippen molar-refractivity contribution in [2.45, 2.75) is 26.8 Å². The second-order valence-electron chi connectivity index (χ2n) is 10.6. The van der Waals surface area contributed by atoms with E-state index in [2.05, 4.69) is 39.8 Å². The van der Waals surface area contributed by atoms with Crippen molar-refractivity contribution >= 4 is 44.4 Å². The summed E-state index contributed by atoms with van der Waals surface area (Å²) in [6.07, 6.45) is 3.48. The highest BCUT2D eigenvalue weighted by Gasteiger charge is 2.30. The second kappa shape index (κ2) is 13.0. The molecular weight excluding hydrogens is 558 g/mol. The number of rotatable bonds is 8. The molecule has 1 aromatic carbocycles. The SMILES string of the molecule is CCS(=O)(=O)/N=C(\Nc1cccc(C(=O)NCCN2CCOCC2)c1)N1CCN(c2ncnc3[nH]cc(C)c23)C[C@@H]1C. The van der Waals surface area contributed by atoms with Gasteiger partial charge in [-0.05, 0) is 44.5 Å². The van der Waals surface area contributed by atoms with Gasteiger partial charge in [-0.15, -0.1) is 4.40 Å². The van der Waals surface area contributed by atoms with Crippen molar-refractivity contribution in [3.05, 3.63) is 47.9 Å². The molecule has 14 heteroatoms. The van der Waals surface area contributed by atoms with E-state index in [4.69, 9.17) is 4.74 Å². The van der Waals surface area contributed by atoms with Crippen LogP contribution in [0.2, 0.25) is 0 Å². The zero-order valence-corrected chi connectivity index (χ0v) is 25.2. The summed E-state index contributed by atoms with van der Waals surface area (Å²) in [6, 6.07) is 6.93. The van der Waals surface area contributed by atoms with Crippen LogP contribution in [-0.4, -0.2) is 116 Å². The minimum Gasteiger partial charge on any atom is -0.379 e.